The topological polar surface area (TPSA) is 20.2 Å². The minimum atomic E-state index is 0.603. The van der Waals surface area contributed by atoms with Gasteiger partial charge in [-0.2, -0.15) is 0 Å². The van der Waals surface area contributed by atoms with Crippen LogP contribution in [0.25, 0.3) is 0 Å². The molecule has 0 radical (unpaired) electrons. The number of rotatable bonds is 7. The second kappa shape index (κ2) is 7.96. The standard InChI is InChI=1S/C8H18O/c1-2-3-4-5-6-7-8-9/h9H,2-8H2,1H3/i9D. The maximum absolute atomic E-state index is 6.42. The Kier molecular flexibility index (Phi) is 6.25. The van der Waals surface area contributed by atoms with Crippen molar-refractivity contribution in [2.75, 3.05) is 6.61 Å². The average Bonchev–Trinajstić information content (AvgIpc) is 1.97. The maximum atomic E-state index is 6.42. The van der Waals surface area contributed by atoms with Crippen LogP contribution in [0.1, 0.15) is 45.4 Å². The Morgan fingerprint density at radius 2 is 1.78 bits per heavy atom. The van der Waals surface area contributed by atoms with Crippen molar-refractivity contribution in [3.05, 3.63) is 0 Å². The van der Waals surface area contributed by atoms with Gasteiger partial charge in [-0.1, -0.05) is 39.0 Å². The summed E-state index contributed by atoms with van der Waals surface area (Å²) in [5.41, 5.74) is 0. The van der Waals surface area contributed by atoms with Gasteiger partial charge in [0.1, 0.15) is 0 Å². The van der Waals surface area contributed by atoms with Crippen LogP contribution in [0.15, 0.2) is 0 Å². The van der Waals surface area contributed by atoms with Gasteiger partial charge in [0, 0.05) is 6.61 Å². The Morgan fingerprint density at radius 3 is 2.44 bits per heavy atom. The second-order valence-corrected chi connectivity index (χ2v) is 2.47. The summed E-state index contributed by atoms with van der Waals surface area (Å²) >= 11 is 0. The minimum Gasteiger partial charge on any atom is -0.396 e. The molecule has 0 bridgehead atoms. The smallest absolute Gasteiger partial charge is 0.210 e. The van der Waals surface area contributed by atoms with Gasteiger partial charge >= 0.3 is 0 Å². The van der Waals surface area contributed by atoms with Crippen LogP contribution in [0.3, 0.4) is 0 Å². The van der Waals surface area contributed by atoms with Crippen LogP contribution in [0.4, 0.5) is 0 Å². The van der Waals surface area contributed by atoms with Gasteiger partial charge < -0.3 is 5.11 Å². The molecule has 0 atom stereocenters. The van der Waals surface area contributed by atoms with Gasteiger partial charge in [0.15, 0.2) is 0 Å². The van der Waals surface area contributed by atoms with Gasteiger partial charge in [-0.3, -0.25) is 0 Å². The highest BCUT2D eigenvalue weighted by Crippen LogP contribution is 2.03. The lowest BCUT2D eigenvalue weighted by atomic mass is 10.1. The van der Waals surface area contributed by atoms with Crippen LogP contribution in [0.2, 0.25) is 0 Å². The molecule has 0 aromatic carbocycles. The van der Waals surface area contributed by atoms with E-state index in [-0.39, 0.29) is 0 Å². The molecule has 0 unspecified atom stereocenters. The molecule has 0 spiro atoms. The number of aliphatic hydroxyl groups excluding tert-OH is 1. The highest BCUT2D eigenvalue weighted by atomic mass is 16.2. The van der Waals surface area contributed by atoms with Crippen molar-refractivity contribution in [2.45, 2.75) is 45.4 Å². The van der Waals surface area contributed by atoms with E-state index in [4.69, 9.17) is 1.43 Å². The third-order valence-electron chi connectivity index (χ3n) is 1.50. The summed E-state index contributed by atoms with van der Waals surface area (Å²) in [6.07, 6.45) is 7.56. The van der Waals surface area contributed by atoms with E-state index in [0.29, 0.717) is 6.61 Å². The molecule has 0 heterocycles. The van der Waals surface area contributed by atoms with Crippen LogP contribution in [0, 0.1) is 0 Å². The number of aliphatic hydroxyl groups is 1. The van der Waals surface area contributed by atoms with E-state index in [0.717, 1.165) is 6.42 Å². The molecule has 0 saturated heterocycles. The molecule has 1 N–H and O–H groups in total. The Hall–Kier alpha value is -0.0400. The van der Waals surface area contributed by atoms with E-state index < -0.39 is 0 Å². The summed E-state index contributed by atoms with van der Waals surface area (Å²) < 4.78 is 6.42. The summed E-state index contributed by atoms with van der Waals surface area (Å²) in [5, 5.41) is 4.20. The normalized spacial score (nSPS) is 11.4. The molecular weight excluding hydrogens is 112 g/mol. The fourth-order valence-electron chi connectivity index (χ4n) is 0.882. The second-order valence-electron chi connectivity index (χ2n) is 2.47. The lowest BCUT2D eigenvalue weighted by molar-refractivity contribution is 0.282. The van der Waals surface area contributed by atoms with Gasteiger partial charge in [-0.15, -0.1) is 0 Å². The van der Waals surface area contributed by atoms with Gasteiger partial charge in [-0.05, 0) is 6.42 Å². The van der Waals surface area contributed by atoms with Crippen LogP contribution in [-0.2, 0) is 0 Å². The van der Waals surface area contributed by atoms with Crippen molar-refractivity contribution in [1.29, 1.82) is 1.43 Å². The van der Waals surface area contributed by atoms with Crippen molar-refractivity contribution >= 4 is 0 Å². The number of hydrogen-bond acceptors (Lipinski definition) is 1. The fraction of sp³-hybridized carbons (Fsp3) is 1.00. The predicted octanol–water partition coefficient (Wildman–Crippen LogP) is 2.34. The first-order chi connectivity index (χ1) is 4.91. The first-order valence-corrected chi connectivity index (χ1v) is 4.00. The molecule has 0 saturated carbocycles. The van der Waals surface area contributed by atoms with E-state index in [1.54, 1.807) is 0 Å². The molecule has 56 valence electrons. The van der Waals surface area contributed by atoms with Crippen molar-refractivity contribution in [2.24, 2.45) is 0 Å². The molecule has 0 aromatic heterocycles. The molecule has 1 nitrogen and oxygen atoms in total. The lowest BCUT2D eigenvalue weighted by Gasteiger charge is -1.95. The van der Waals surface area contributed by atoms with E-state index in [1.165, 1.54) is 32.1 Å². The molecule has 0 aliphatic rings. The van der Waals surface area contributed by atoms with Gasteiger partial charge in [0.2, 0.25) is 1.43 Å². The first-order valence-electron chi connectivity index (χ1n) is 4.40. The third-order valence-corrected chi connectivity index (χ3v) is 1.50. The van der Waals surface area contributed by atoms with Gasteiger partial charge in [-0.25, -0.2) is 0 Å². The Morgan fingerprint density at radius 1 is 1.11 bits per heavy atom. The Balaban J connectivity index is 2.65. The van der Waals surface area contributed by atoms with Crippen molar-refractivity contribution < 1.29 is 5.11 Å². The summed E-state index contributed by atoms with van der Waals surface area (Å²) in [6.45, 7) is 2.82. The molecule has 0 aromatic rings. The zero-order valence-corrected chi connectivity index (χ0v) is 6.36. The van der Waals surface area contributed by atoms with Crippen LogP contribution in [-0.4, -0.2) is 13.1 Å². The van der Waals surface area contributed by atoms with Crippen molar-refractivity contribution in [3.8, 4) is 0 Å². The molecule has 0 aliphatic carbocycles. The van der Waals surface area contributed by atoms with E-state index in [1.807, 2.05) is 0 Å². The van der Waals surface area contributed by atoms with Gasteiger partial charge in [0.25, 0.3) is 0 Å². The van der Waals surface area contributed by atoms with Crippen LogP contribution >= 0.6 is 0 Å². The van der Waals surface area contributed by atoms with Crippen molar-refractivity contribution in [3.63, 3.8) is 0 Å². The molecule has 9 heavy (non-hydrogen) atoms. The molecule has 0 fully saturated rings. The Bertz CT molecular complexity index is 49.2. The molecule has 0 rings (SSSR count). The monoisotopic (exact) mass is 131 g/mol. The molecule has 0 amide bonds. The van der Waals surface area contributed by atoms with E-state index in [2.05, 4.69) is 12.0 Å². The molecule has 0 aliphatic heterocycles. The zero-order chi connectivity index (χ0) is 7.66. The first kappa shape index (κ1) is 7.07. The van der Waals surface area contributed by atoms with E-state index in [9.17, 15) is 0 Å². The SMILES string of the molecule is [2H]OCCCCCCCC. The highest BCUT2D eigenvalue weighted by Gasteiger charge is 1.86. The van der Waals surface area contributed by atoms with E-state index >= 15 is 0 Å². The van der Waals surface area contributed by atoms with Crippen LogP contribution < -0.4 is 0 Å². The average molecular weight is 131 g/mol. The Labute approximate surface area is 59.6 Å². The number of unbranched alkanes of at least 4 members (excludes halogenated alkanes) is 5. The summed E-state index contributed by atoms with van der Waals surface area (Å²) in [6, 6.07) is 0. The maximum Gasteiger partial charge on any atom is 0.210 e. The van der Waals surface area contributed by atoms with Crippen molar-refractivity contribution in [1.82, 2.24) is 0 Å². The largest absolute Gasteiger partial charge is 0.396 e. The molecular formula is C8H18O. The zero-order valence-electron chi connectivity index (χ0n) is 7.36. The minimum absolute atomic E-state index is 0.603. The summed E-state index contributed by atoms with van der Waals surface area (Å²) in [4.78, 5) is 0. The summed E-state index contributed by atoms with van der Waals surface area (Å²) in [7, 11) is 0. The third kappa shape index (κ3) is 7.96. The fourth-order valence-corrected chi connectivity index (χ4v) is 0.882. The number of hydrogen-bond donors (Lipinski definition) is 1. The quantitative estimate of drug-likeness (QED) is 0.526. The van der Waals surface area contributed by atoms with Gasteiger partial charge in [0.05, 0.1) is 0 Å². The molecule has 1 heteroatoms. The van der Waals surface area contributed by atoms with Crippen LogP contribution in [0.5, 0.6) is 0 Å². The summed E-state index contributed by atoms with van der Waals surface area (Å²) in [5.74, 6) is 0. The highest BCUT2D eigenvalue weighted by molar-refractivity contribution is 4.41. The lowest BCUT2D eigenvalue weighted by Crippen LogP contribution is -1.82. The predicted molar refractivity (Wildman–Crippen MR) is 40.5 cm³/mol.